The van der Waals surface area contributed by atoms with Gasteiger partial charge in [-0.25, -0.2) is 0 Å². The van der Waals surface area contributed by atoms with Crippen molar-refractivity contribution in [2.75, 3.05) is 0 Å². The fourth-order valence-corrected chi connectivity index (χ4v) is 1.91. The first kappa shape index (κ1) is 16.2. The van der Waals surface area contributed by atoms with Gasteiger partial charge >= 0.3 is 6.36 Å². The summed E-state index contributed by atoms with van der Waals surface area (Å²) in [5.41, 5.74) is 0.631. The van der Waals surface area contributed by atoms with Gasteiger partial charge in [0, 0.05) is 22.6 Å². The van der Waals surface area contributed by atoms with Crippen LogP contribution in [0.2, 0.25) is 0 Å². The number of amides is 1. The van der Waals surface area contributed by atoms with Crippen LogP contribution in [0.5, 0.6) is 5.75 Å². The van der Waals surface area contributed by atoms with E-state index in [9.17, 15) is 18.0 Å². The smallest absolute Gasteiger partial charge is 0.405 e. The van der Waals surface area contributed by atoms with Gasteiger partial charge in [0.05, 0.1) is 0 Å². The van der Waals surface area contributed by atoms with Crippen LogP contribution in [-0.4, -0.2) is 12.3 Å². The topological polar surface area (TPSA) is 38.3 Å². The minimum absolute atomic E-state index is 0.0757. The van der Waals surface area contributed by atoms with Crippen LogP contribution in [0.3, 0.4) is 0 Å². The highest BCUT2D eigenvalue weighted by atomic mass is 32.1. The zero-order valence-electron chi connectivity index (χ0n) is 11.2. The Morgan fingerprint density at radius 2 is 1.73 bits per heavy atom. The Kier molecular flexibility index (Phi) is 4.97. The summed E-state index contributed by atoms with van der Waals surface area (Å²) in [5.74, 6) is -0.726. The van der Waals surface area contributed by atoms with Crippen LogP contribution in [0.1, 0.15) is 15.9 Å². The summed E-state index contributed by atoms with van der Waals surface area (Å²) in [6.45, 7) is -0.0757. The lowest BCUT2D eigenvalue weighted by atomic mass is 10.2. The lowest BCUT2D eigenvalue weighted by Gasteiger charge is -2.13. The molecule has 2 aromatic rings. The molecule has 2 rings (SSSR count). The van der Waals surface area contributed by atoms with E-state index < -0.39 is 12.3 Å². The van der Waals surface area contributed by atoms with Crippen molar-refractivity contribution in [2.24, 2.45) is 0 Å². The second-order valence-corrected chi connectivity index (χ2v) is 4.90. The molecule has 7 heteroatoms. The SMILES string of the molecule is O=C(NCc1ccccc1OC(F)(F)F)c1ccc(S)cc1. The van der Waals surface area contributed by atoms with E-state index in [2.05, 4.69) is 22.7 Å². The van der Waals surface area contributed by atoms with E-state index >= 15 is 0 Å². The lowest BCUT2D eigenvalue weighted by molar-refractivity contribution is -0.274. The van der Waals surface area contributed by atoms with E-state index in [-0.39, 0.29) is 17.9 Å². The number of benzene rings is 2. The minimum Gasteiger partial charge on any atom is -0.405 e. The molecule has 0 fully saturated rings. The zero-order valence-corrected chi connectivity index (χ0v) is 12.1. The summed E-state index contributed by atoms with van der Waals surface area (Å²) in [7, 11) is 0. The Bertz CT molecular complexity index is 657. The Hall–Kier alpha value is -2.15. The quantitative estimate of drug-likeness (QED) is 0.838. The molecule has 0 radical (unpaired) electrons. The average molecular weight is 327 g/mol. The van der Waals surface area contributed by atoms with Crippen LogP contribution in [0.25, 0.3) is 0 Å². The minimum atomic E-state index is -4.78. The van der Waals surface area contributed by atoms with Gasteiger partial charge in [-0.05, 0) is 30.3 Å². The van der Waals surface area contributed by atoms with Crippen molar-refractivity contribution < 1.29 is 22.7 Å². The van der Waals surface area contributed by atoms with Gasteiger partial charge in [0.25, 0.3) is 5.91 Å². The van der Waals surface area contributed by atoms with Gasteiger partial charge < -0.3 is 10.1 Å². The molecule has 22 heavy (non-hydrogen) atoms. The fourth-order valence-electron chi connectivity index (χ4n) is 1.76. The summed E-state index contributed by atoms with van der Waals surface area (Å²) in [6, 6.07) is 12.1. The third kappa shape index (κ3) is 4.70. The number of hydrogen-bond donors (Lipinski definition) is 2. The predicted octanol–water partition coefficient (Wildman–Crippen LogP) is 3.80. The first-order valence-electron chi connectivity index (χ1n) is 6.26. The van der Waals surface area contributed by atoms with Crippen molar-refractivity contribution in [3.63, 3.8) is 0 Å². The zero-order chi connectivity index (χ0) is 16.2. The first-order chi connectivity index (χ1) is 10.3. The summed E-state index contributed by atoms with van der Waals surface area (Å²) in [6.07, 6.45) is -4.78. The molecule has 0 spiro atoms. The number of carbonyl (C=O) groups is 1. The number of nitrogens with one attached hydrogen (secondary N) is 1. The van der Waals surface area contributed by atoms with Crippen LogP contribution in [0.4, 0.5) is 13.2 Å². The van der Waals surface area contributed by atoms with E-state index in [1.165, 1.54) is 18.2 Å². The van der Waals surface area contributed by atoms with Crippen molar-refractivity contribution in [1.29, 1.82) is 0 Å². The molecule has 0 bridgehead atoms. The van der Waals surface area contributed by atoms with Gasteiger partial charge in [0.15, 0.2) is 0 Å². The van der Waals surface area contributed by atoms with Crippen LogP contribution < -0.4 is 10.1 Å². The molecule has 1 N–H and O–H groups in total. The molecule has 0 saturated heterocycles. The Morgan fingerprint density at radius 3 is 2.36 bits per heavy atom. The maximum Gasteiger partial charge on any atom is 0.573 e. The van der Waals surface area contributed by atoms with E-state index in [0.717, 1.165) is 0 Å². The highest BCUT2D eigenvalue weighted by molar-refractivity contribution is 7.80. The second-order valence-electron chi connectivity index (χ2n) is 4.39. The molecule has 3 nitrogen and oxygen atoms in total. The van der Waals surface area contributed by atoms with Crippen LogP contribution in [0.15, 0.2) is 53.4 Å². The Balaban J connectivity index is 2.05. The van der Waals surface area contributed by atoms with E-state index in [1.807, 2.05) is 0 Å². The third-order valence-corrected chi connectivity index (χ3v) is 3.07. The summed E-state index contributed by atoms with van der Waals surface area (Å²) in [5, 5.41) is 2.55. The van der Waals surface area contributed by atoms with Crippen LogP contribution in [0, 0.1) is 0 Å². The first-order valence-corrected chi connectivity index (χ1v) is 6.71. The van der Waals surface area contributed by atoms with E-state index in [0.29, 0.717) is 10.5 Å². The summed E-state index contributed by atoms with van der Waals surface area (Å²) >= 11 is 4.11. The van der Waals surface area contributed by atoms with Crippen molar-refractivity contribution in [1.82, 2.24) is 5.32 Å². The number of para-hydroxylation sites is 1. The van der Waals surface area contributed by atoms with E-state index in [4.69, 9.17) is 0 Å². The lowest BCUT2D eigenvalue weighted by Crippen LogP contribution is -2.24. The molecule has 0 heterocycles. The van der Waals surface area contributed by atoms with Gasteiger partial charge in [-0.15, -0.1) is 25.8 Å². The van der Waals surface area contributed by atoms with Gasteiger partial charge in [-0.2, -0.15) is 0 Å². The predicted molar refractivity (Wildman–Crippen MR) is 78.0 cm³/mol. The van der Waals surface area contributed by atoms with Crippen LogP contribution in [-0.2, 0) is 6.54 Å². The maximum absolute atomic E-state index is 12.3. The highest BCUT2D eigenvalue weighted by Gasteiger charge is 2.31. The fraction of sp³-hybridized carbons (Fsp3) is 0.133. The molecule has 1 amide bonds. The van der Waals surface area contributed by atoms with Gasteiger partial charge in [0.2, 0.25) is 0 Å². The van der Waals surface area contributed by atoms with Gasteiger partial charge in [-0.3, -0.25) is 4.79 Å². The highest BCUT2D eigenvalue weighted by Crippen LogP contribution is 2.26. The number of carbonyl (C=O) groups excluding carboxylic acids is 1. The number of halogens is 3. The molecule has 2 aromatic carbocycles. The van der Waals surface area contributed by atoms with Crippen molar-refractivity contribution in [3.8, 4) is 5.75 Å². The maximum atomic E-state index is 12.3. The Labute approximate surface area is 130 Å². The van der Waals surface area contributed by atoms with Gasteiger partial charge in [-0.1, -0.05) is 18.2 Å². The largest absolute Gasteiger partial charge is 0.573 e. The molecule has 0 unspecified atom stereocenters. The molecule has 0 aliphatic carbocycles. The van der Waals surface area contributed by atoms with Crippen molar-refractivity contribution in [3.05, 3.63) is 59.7 Å². The average Bonchev–Trinajstić information content (AvgIpc) is 2.45. The molecule has 0 aliphatic heterocycles. The number of hydrogen-bond acceptors (Lipinski definition) is 3. The molecular formula is C15H12F3NO2S. The number of alkyl halides is 3. The molecule has 0 aromatic heterocycles. The second kappa shape index (κ2) is 6.74. The Morgan fingerprint density at radius 1 is 1.09 bits per heavy atom. The molecule has 116 valence electrons. The summed E-state index contributed by atoms with van der Waals surface area (Å²) in [4.78, 5) is 12.6. The molecule has 0 aliphatic rings. The molecule has 0 atom stereocenters. The van der Waals surface area contributed by atoms with Crippen molar-refractivity contribution >= 4 is 18.5 Å². The molecular weight excluding hydrogens is 315 g/mol. The number of ether oxygens (including phenoxy) is 1. The third-order valence-electron chi connectivity index (χ3n) is 2.77. The normalized spacial score (nSPS) is 11.1. The van der Waals surface area contributed by atoms with Crippen molar-refractivity contribution in [2.45, 2.75) is 17.8 Å². The van der Waals surface area contributed by atoms with E-state index in [1.54, 1.807) is 30.3 Å². The molecule has 0 saturated carbocycles. The standard InChI is InChI=1S/C15H12F3NO2S/c16-15(17,18)21-13-4-2-1-3-11(13)9-19-14(20)10-5-7-12(22)8-6-10/h1-8,22H,9H2,(H,19,20). The monoisotopic (exact) mass is 327 g/mol. The van der Waals surface area contributed by atoms with Crippen LogP contribution >= 0.6 is 12.6 Å². The number of rotatable bonds is 4. The van der Waals surface area contributed by atoms with Gasteiger partial charge in [0.1, 0.15) is 5.75 Å². The summed E-state index contributed by atoms with van der Waals surface area (Å²) < 4.78 is 40.8. The number of thiol groups is 1.